The Bertz CT molecular complexity index is 478. The van der Waals surface area contributed by atoms with Crippen LogP contribution in [0.1, 0.15) is 25.6 Å². The standard InChI is InChI=1S/C12H14N2O4/c1-3-17-12(16)9-10(8-5-4-6-18-8)13-7(2)14-11(9)15/h4-6,9-10H,3H2,1-2H3,(H,13,14,15). The van der Waals surface area contributed by atoms with Gasteiger partial charge < -0.3 is 14.5 Å². The van der Waals surface area contributed by atoms with Crippen LogP contribution in [0.25, 0.3) is 0 Å². The molecule has 1 aliphatic heterocycles. The highest BCUT2D eigenvalue weighted by atomic mass is 16.5. The highest BCUT2D eigenvalue weighted by Gasteiger charge is 2.41. The van der Waals surface area contributed by atoms with Gasteiger partial charge in [-0.2, -0.15) is 0 Å². The molecular formula is C12H14N2O4. The van der Waals surface area contributed by atoms with E-state index in [0.717, 1.165) is 0 Å². The number of nitrogens with zero attached hydrogens (tertiary/aromatic N) is 1. The SMILES string of the molecule is CCOC(=O)C1C(=O)NC(C)=NC1c1ccco1. The van der Waals surface area contributed by atoms with Crippen LogP contribution in [-0.2, 0) is 14.3 Å². The summed E-state index contributed by atoms with van der Waals surface area (Å²) in [5.41, 5.74) is 0. The lowest BCUT2D eigenvalue weighted by Gasteiger charge is -2.25. The number of carbonyl (C=O) groups excluding carboxylic acids is 2. The molecule has 0 fully saturated rings. The minimum atomic E-state index is -1.00. The molecule has 0 saturated heterocycles. The minimum Gasteiger partial charge on any atom is -0.467 e. The van der Waals surface area contributed by atoms with Crippen LogP contribution >= 0.6 is 0 Å². The third-order valence-corrected chi connectivity index (χ3v) is 2.61. The molecule has 1 aromatic rings. The molecule has 1 N–H and O–H groups in total. The Kier molecular flexibility index (Phi) is 3.45. The van der Waals surface area contributed by atoms with Gasteiger partial charge in [0.2, 0.25) is 5.91 Å². The molecule has 1 aromatic heterocycles. The first-order valence-corrected chi connectivity index (χ1v) is 5.68. The summed E-state index contributed by atoms with van der Waals surface area (Å²) in [5.74, 6) is -1.07. The summed E-state index contributed by atoms with van der Waals surface area (Å²) in [6.07, 6.45) is 1.48. The van der Waals surface area contributed by atoms with Gasteiger partial charge in [0.15, 0.2) is 5.92 Å². The van der Waals surface area contributed by atoms with Crippen molar-refractivity contribution in [3.63, 3.8) is 0 Å². The minimum absolute atomic E-state index is 0.218. The Labute approximate surface area is 104 Å². The van der Waals surface area contributed by atoms with Gasteiger partial charge in [-0.25, -0.2) is 0 Å². The smallest absolute Gasteiger partial charge is 0.321 e. The zero-order chi connectivity index (χ0) is 13.1. The third kappa shape index (κ3) is 2.27. The molecule has 0 bridgehead atoms. The number of carbonyl (C=O) groups is 2. The maximum absolute atomic E-state index is 11.9. The highest BCUT2D eigenvalue weighted by Crippen LogP contribution is 2.30. The number of hydrogen-bond acceptors (Lipinski definition) is 5. The Morgan fingerprint density at radius 2 is 2.39 bits per heavy atom. The number of esters is 1. The lowest BCUT2D eigenvalue weighted by molar-refractivity contribution is -0.153. The molecule has 2 heterocycles. The maximum Gasteiger partial charge on any atom is 0.321 e. The van der Waals surface area contributed by atoms with Crippen molar-refractivity contribution in [2.75, 3.05) is 6.61 Å². The van der Waals surface area contributed by atoms with Crippen LogP contribution in [0.15, 0.2) is 27.8 Å². The molecule has 0 radical (unpaired) electrons. The van der Waals surface area contributed by atoms with Gasteiger partial charge in [0.05, 0.1) is 12.9 Å². The van der Waals surface area contributed by atoms with Crippen LogP contribution < -0.4 is 5.32 Å². The third-order valence-electron chi connectivity index (χ3n) is 2.61. The van der Waals surface area contributed by atoms with E-state index in [9.17, 15) is 9.59 Å². The topological polar surface area (TPSA) is 80.9 Å². The van der Waals surface area contributed by atoms with Crippen molar-refractivity contribution in [3.8, 4) is 0 Å². The predicted molar refractivity (Wildman–Crippen MR) is 62.8 cm³/mol. The van der Waals surface area contributed by atoms with Crippen LogP contribution in [0.5, 0.6) is 0 Å². The lowest BCUT2D eigenvalue weighted by atomic mass is 9.95. The highest BCUT2D eigenvalue weighted by molar-refractivity contribution is 6.08. The molecule has 0 aromatic carbocycles. The second-order valence-corrected chi connectivity index (χ2v) is 3.89. The first kappa shape index (κ1) is 12.3. The van der Waals surface area contributed by atoms with E-state index in [-0.39, 0.29) is 6.61 Å². The van der Waals surface area contributed by atoms with Crippen molar-refractivity contribution >= 4 is 17.7 Å². The number of amides is 1. The summed E-state index contributed by atoms with van der Waals surface area (Å²) in [5, 5.41) is 2.53. The number of furan rings is 1. The van der Waals surface area contributed by atoms with Crippen molar-refractivity contribution in [3.05, 3.63) is 24.2 Å². The number of hydrogen-bond donors (Lipinski definition) is 1. The summed E-state index contributed by atoms with van der Waals surface area (Å²) in [7, 11) is 0. The van der Waals surface area contributed by atoms with E-state index in [4.69, 9.17) is 9.15 Å². The van der Waals surface area contributed by atoms with Crippen LogP contribution in [0.3, 0.4) is 0 Å². The molecule has 1 aliphatic rings. The number of rotatable bonds is 3. The van der Waals surface area contributed by atoms with Crippen LogP contribution in [0.2, 0.25) is 0 Å². The van der Waals surface area contributed by atoms with Gasteiger partial charge in [0.25, 0.3) is 0 Å². The number of aliphatic imine (C=N–C) groups is 1. The van der Waals surface area contributed by atoms with Gasteiger partial charge in [-0.15, -0.1) is 0 Å². The fourth-order valence-corrected chi connectivity index (χ4v) is 1.87. The summed E-state index contributed by atoms with van der Waals surface area (Å²) >= 11 is 0. The van der Waals surface area contributed by atoms with Crippen molar-refractivity contribution in [2.45, 2.75) is 19.9 Å². The molecule has 2 atom stereocenters. The van der Waals surface area contributed by atoms with Crippen molar-refractivity contribution < 1.29 is 18.7 Å². The fourth-order valence-electron chi connectivity index (χ4n) is 1.87. The summed E-state index contributed by atoms with van der Waals surface area (Å²) in [6.45, 7) is 3.57. The Morgan fingerprint density at radius 3 is 3.00 bits per heavy atom. The number of nitrogens with one attached hydrogen (secondary N) is 1. The first-order chi connectivity index (χ1) is 8.63. The zero-order valence-electron chi connectivity index (χ0n) is 10.2. The van der Waals surface area contributed by atoms with Gasteiger partial charge in [-0.1, -0.05) is 0 Å². The maximum atomic E-state index is 11.9. The van der Waals surface area contributed by atoms with Gasteiger partial charge in [-0.3, -0.25) is 14.6 Å². The normalized spacial score (nSPS) is 23.2. The van der Waals surface area contributed by atoms with Crippen LogP contribution in [-0.4, -0.2) is 24.3 Å². The zero-order valence-corrected chi connectivity index (χ0v) is 10.2. The molecule has 0 spiro atoms. The molecule has 2 unspecified atom stereocenters. The van der Waals surface area contributed by atoms with Gasteiger partial charge >= 0.3 is 5.97 Å². The van der Waals surface area contributed by atoms with Crippen molar-refractivity contribution in [1.29, 1.82) is 0 Å². The van der Waals surface area contributed by atoms with Gasteiger partial charge in [0.1, 0.15) is 17.6 Å². The second-order valence-electron chi connectivity index (χ2n) is 3.89. The monoisotopic (exact) mass is 250 g/mol. The van der Waals surface area contributed by atoms with E-state index < -0.39 is 23.8 Å². The van der Waals surface area contributed by atoms with Gasteiger partial charge in [-0.05, 0) is 26.0 Å². The van der Waals surface area contributed by atoms with E-state index in [0.29, 0.717) is 11.6 Å². The van der Waals surface area contributed by atoms with Crippen molar-refractivity contribution in [1.82, 2.24) is 5.32 Å². The average Bonchev–Trinajstić information content (AvgIpc) is 2.81. The van der Waals surface area contributed by atoms with Crippen molar-refractivity contribution in [2.24, 2.45) is 10.9 Å². The molecule has 1 amide bonds. The molecule has 0 aliphatic carbocycles. The van der Waals surface area contributed by atoms with E-state index >= 15 is 0 Å². The largest absolute Gasteiger partial charge is 0.467 e. The summed E-state index contributed by atoms with van der Waals surface area (Å²) in [4.78, 5) is 28.0. The Morgan fingerprint density at radius 1 is 1.61 bits per heavy atom. The van der Waals surface area contributed by atoms with Gasteiger partial charge in [0, 0.05) is 0 Å². The molecule has 0 saturated carbocycles. The molecule has 18 heavy (non-hydrogen) atoms. The molecule has 2 rings (SSSR count). The van der Waals surface area contributed by atoms with E-state index in [1.54, 1.807) is 26.0 Å². The molecule has 6 heteroatoms. The second kappa shape index (κ2) is 5.03. The molecular weight excluding hydrogens is 236 g/mol. The predicted octanol–water partition coefficient (Wildman–Crippen LogP) is 1.05. The summed E-state index contributed by atoms with van der Waals surface area (Å²) in [6, 6.07) is 2.72. The number of amidine groups is 1. The van der Waals surface area contributed by atoms with Crippen LogP contribution in [0, 0.1) is 5.92 Å². The van der Waals surface area contributed by atoms with Crippen LogP contribution in [0.4, 0.5) is 0 Å². The lowest BCUT2D eigenvalue weighted by Crippen LogP contribution is -2.45. The average molecular weight is 250 g/mol. The molecule has 6 nitrogen and oxygen atoms in total. The Hall–Kier alpha value is -2.11. The fraction of sp³-hybridized carbons (Fsp3) is 0.417. The van der Waals surface area contributed by atoms with E-state index in [1.807, 2.05) is 0 Å². The van der Waals surface area contributed by atoms with E-state index in [1.165, 1.54) is 6.26 Å². The summed E-state index contributed by atoms with van der Waals surface area (Å²) < 4.78 is 10.1. The molecule has 96 valence electrons. The Balaban J connectivity index is 2.34. The van der Waals surface area contributed by atoms with E-state index in [2.05, 4.69) is 10.3 Å². The number of ether oxygens (including phenoxy) is 1. The quantitative estimate of drug-likeness (QED) is 0.642. The first-order valence-electron chi connectivity index (χ1n) is 5.68.